The lowest BCUT2D eigenvalue weighted by Crippen LogP contribution is -2.55. The van der Waals surface area contributed by atoms with Crippen molar-refractivity contribution in [1.29, 1.82) is 0 Å². The highest BCUT2D eigenvalue weighted by Crippen LogP contribution is 2.22. The highest BCUT2D eigenvalue weighted by Gasteiger charge is 2.29. The maximum absolute atomic E-state index is 5.18. The predicted molar refractivity (Wildman–Crippen MR) is 77.3 cm³/mol. The summed E-state index contributed by atoms with van der Waals surface area (Å²) in [5.74, 6) is 0.694. The van der Waals surface area contributed by atoms with Crippen LogP contribution in [0.15, 0.2) is 18.3 Å². The zero-order valence-electron chi connectivity index (χ0n) is 12.4. The van der Waals surface area contributed by atoms with Crippen LogP contribution in [-0.2, 0) is 6.54 Å². The SMILES string of the molecule is COc1cc(CN2CCNC(C(C)(C)C)C2)ccn1. The van der Waals surface area contributed by atoms with Crippen LogP contribution in [0.25, 0.3) is 0 Å². The maximum atomic E-state index is 5.18. The lowest BCUT2D eigenvalue weighted by atomic mass is 9.85. The minimum absolute atomic E-state index is 0.300. The van der Waals surface area contributed by atoms with Gasteiger partial charge < -0.3 is 10.1 Å². The maximum Gasteiger partial charge on any atom is 0.213 e. The third-order valence-corrected chi connectivity index (χ3v) is 3.72. The van der Waals surface area contributed by atoms with E-state index in [0.29, 0.717) is 17.3 Å². The van der Waals surface area contributed by atoms with Gasteiger partial charge in [-0.25, -0.2) is 4.98 Å². The van der Waals surface area contributed by atoms with Crippen LogP contribution in [0.5, 0.6) is 5.88 Å². The first kappa shape index (κ1) is 14.3. The van der Waals surface area contributed by atoms with E-state index in [1.165, 1.54) is 5.56 Å². The highest BCUT2D eigenvalue weighted by molar-refractivity contribution is 5.20. The fraction of sp³-hybridized carbons (Fsp3) is 0.667. The van der Waals surface area contributed by atoms with Gasteiger partial charge in [-0.1, -0.05) is 20.8 Å². The average molecular weight is 263 g/mol. The molecule has 0 saturated carbocycles. The Labute approximate surface area is 116 Å². The summed E-state index contributed by atoms with van der Waals surface area (Å²) in [5, 5.41) is 3.62. The second kappa shape index (κ2) is 5.88. The van der Waals surface area contributed by atoms with Crippen LogP contribution in [0.2, 0.25) is 0 Å². The normalized spacial score (nSPS) is 21.4. The minimum Gasteiger partial charge on any atom is -0.481 e. The molecule has 1 N–H and O–H groups in total. The Morgan fingerprint density at radius 2 is 2.26 bits per heavy atom. The van der Waals surface area contributed by atoms with E-state index in [1.54, 1.807) is 7.11 Å². The number of hydrogen-bond donors (Lipinski definition) is 1. The number of aromatic nitrogens is 1. The number of ether oxygens (including phenoxy) is 1. The van der Waals surface area contributed by atoms with E-state index >= 15 is 0 Å². The molecule has 0 aliphatic carbocycles. The molecule has 1 atom stereocenters. The number of rotatable bonds is 3. The fourth-order valence-electron chi connectivity index (χ4n) is 2.45. The van der Waals surface area contributed by atoms with Gasteiger partial charge in [0.15, 0.2) is 0 Å². The molecular weight excluding hydrogens is 238 g/mol. The molecule has 2 heterocycles. The van der Waals surface area contributed by atoms with Crippen molar-refractivity contribution in [2.45, 2.75) is 33.4 Å². The van der Waals surface area contributed by atoms with E-state index in [0.717, 1.165) is 26.2 Å². The van der Waals surface area contributed by atoms with Gasteiger partial charge >= 0.3 is 0 Å². The molecule has 0 spiro atoms. The Hall–Kier alpha value is -1.13. The molecular formula is C15H25N3O. The van der Waals surface area contributed by atoms with Crippen LogP contribution in [0.3, 0.4) is 0 Å². The molecule has 4 nitrogen and oxygen atoms in total. The van der Waals surface area contributed by atoms with E-state index in [4.69, 9.17) is 4.74 Å². The first-order valence-corrected chi connectivity index (χ1v) is 6.93. The van der Waals surface area contributed by atoms with Crippen LogP contribution in [0.1, 0.15) is 26.3 Å². The molecule has 1 aliphatic heterocycles. The Kier molecular flexibility index (Phi) is 4.42. The molecule has 1 aromatic rings. The molecule has 2 rings (SSSR count). The minimum atomic E-state index is 0.300. The second-order valence-electron chi connectivity index (χ2n) is 6.31. The molecule has 1 saturated heterocycles. The van der Waals surface area contributed by atoms with Crippen LogP contribution in [0.4, 0.5) is 0 Å². The molecule has 0 radical (unpaired) electrons. The highest BCUT2D eigenvalue weighted by atomic mass is 16.5. The van der Waals surface area contributed by atoms with Crippen molar-refractivity contribution < 1.29 is 4.74 Å². The lowest BCUT2D eigenvalue weighted by Gasteiger charge is -2.40. The van der Waals surface area contributed by atoms with Crippen LogP contribution in [0, 0.1) is 5.41 Å². The topological polar surface area (TPSA) is 37.4 Å². The summed E-state index contributed by atoms with van der Waals surface area (Å²) in [7, 11) is 1.66. The van der Waals surface area contributed by atoms with Crippen LogP contribution >= 0.6 is 0 Å². The molecule has 19 heavy (non-hydrogen) atoms. The third-order valence-electron chi connectivity index (χ3n) is 3.72. The van der Waals surface area contributed by atoms with Gasteiger partial charge in [-0.3, -0.25) is 4.90 Å². The van der Waals surface area contributed by atoms with Gasteiger partial charge in [-0.05, 0) is 17.0 Å². The Morgan fingerprint density at radius 1 is 1.47 bits per heavy atom. The molecule has 1 fully saturated rings. The zero-order chi connectivity index (χ0) is 13.9. The molecule has 1 aromatic heterocycles. The number of nitrogens with zero attached hydrogens (tertiary/aromatic N) is 2. The van der Waals surface area contributed by atoms with Crippen molar-refractivity contribution in [3.63, 3.8) is 0 Å². The summed E-state index contributed by atoms with van der Waals surface area (Å²) >= 11 is 0. The summed E-state index contributed by atoms with van der Waals surface area (Å²) in [6, 6.07) is 4.63. The van der Waals surface area contributed by atoms with Crippen molar-refractivity contribution >= 4 is 0 Å². The number of methoxy groups -OCH3 is 1. The third kappa shape index (κ3) is 3.91. The summed E-state index contributed by atoms with van der Waals surface area (Å²) in [6.45, 7) is 11.1. The van der Waals surface area contributed by atoms with E-state index in [9.17, 15) is 0 Å². The largest absolute Gasteiger partial charge is 0.481 e. The van der Waals surface area contributed by atoms with Gasteiger partial charge in [0, 0.05) is 44.5 Å². The smallest absolute Gasteiger partial charge is 0.213 e. The van der Waals surface area contributed by atoms with Gasteiger partial charge in [0.05, 0.1) is 7.11 Å². The van der Waals surface area contributed by atoms with Crippen molar-refractivity contribution in [3.05, 3.63) is 23.9 Å². The Morgan fingerprint density at radius 3 is 2.95 bits per heavy atom. The lowest BCUT2D eigenvalue weighted by molar-refractivity contribution is 0.129. The first-order valence-electron chi connectivity index (χ1n) is 6.93. The molecule has 1 aliphatic rings. The fourth-order valence-corrected chi connectivity index (χ4v) is 2.45. The zero-order valence-corrected chi connectivity index (χ0v) is 12.4. The summed E-state index contributed by atoms with van der Waals surface area (Å²) in [4.78, 5) is 6.65. The van der Waals surface area contributed by atoms with Crippen molar-refractivity contribution in [1.82, 2.24) is 15.2 Å². The van der Waals surface area contributed by atoms with Gasteiger partial charge in [0.1, 0.15) is 0 Å². The van der Waals surface area contributed by atoms with Crippen molar-refractivity contribution in [2.24, 2.45) is 5.41 Å². The first-order chi connectivity index (χ1) is 8.99. The summed E-state index contributed by atoms with van der Waals surface area (Å²) in [5.41, 5.74) is 1.57. The Balaban J connectivity index is 1.98. The summed E-state index contributed by atoms with van der Waals surface area (Å²) in [6.07, 6.45) is 1.82. The number of pyridine rings is 1. The van der Waals surface area contributed by atoms with Crippen LogP contribution < -0.4 is 10.1 Å². The summed E-state index contributed by atoms with van der Waals surface area (Å²) < 4.78 is 5.18. The number of nitrogens with one attached hydrogen (secondary N) is 1. The van der Waals surface area contributed by atoms with Crippen molar-refractivity contribution in [3.8, 4) is 5.88 Å². The van der Waals surface area contributed by atoms with Gasteiger partial charge in [-0.2, -0.15) is 0 Å². The van der Waals surface area contributed by atoms with E-state index in [2.05, 4.69) is 42.0 Å². The molecule has 1 unspecified atom stereocenters. The Bertz CT molecular complexity index is 414. The van der Waals surface area contributed by atoms with E-state index in [-0.39, 0.29) is 0 Å². The number of hydrogen-bond acceptors (Lipinski definition) is 4. The average Bonchev–Trinajstić information content (AvgIpc) is 2.38. The standard InChI is InChI=1S/C15H25N3O/c1-15(2,3)13-11-18(8-7-16-13)10-12-5-6-17-14(9-12)19-4/h5-6,9,13,16H,7-8,10-11H2,1-4H3. The monoisotopic (exact) mass is 263 g/mol. The van der Waals surface area contributed by atoms with E-state index in [1.807, 2.05) is 12.3 Å². The van der Waals surface area contributed by atoms with Gasteiger partial charge in [0.25, 0.3) is 0 Å². The molecule has 0 bridgehead atoms. The molecule has 0 amide bonds. The van der Waals surface area contributed by atoms with Gasteiger partial charge in [-0.15, -0.1) is 0 Å². The molecule has 4 heteroatoms. The number of piperazine rings is 1. The van der Waals surface area contributed by atoms with Crippen LogP contribution in [-0.4, -0.2) is 42.7 Å². The predicted octanol–water partition coefficient (Wildman–Crippen LogP) is 1.91. The quantitative estimate of drug-likeness (QED) is 0.904. The van der Waals surface area contributed by atoms with E-state index < -0.39 is 0 Å². The van der Waals surface area contributed by atoms with Crippen molar-refractivity contribution in [2.75, 3.05) is 26.7 Å². The molecule has 0 aromatic carbocycles. The molecule has 106 valence electrons. The second-order valence-corrected chi connectivity index (χ2v) is 6.31. The van der Waals surface area contributed by atoms with Gasteiger partial charge in [0.2, 0.25) is 5.88 Å².